The van der Waals surface area contributed by atoms with Gasteiger partial charge in [0.25, 0.3) is 5.56 Å². The molecule has 0 aliphatic carbocycles. The first-order chi connectivity index (χ1) is 9.06. The van der Waals surface area contributed by atoms with Crippen molar-refractivity contribution in [2.24, 2.45) is 0 Å². The zero-order valence-electron chi connectivity index (χ0n) is 11.4. The molecule has 1 fully saturated rings. The van der Waals surface area contributed by atoms with Crippen molar-refractivity contribution in [3.8, 4) is 0 Å². The van der Waals surface area contributed by atoms with Crippen LogP contribution in [0.2, 0.25) is 0 Å². The third-order valence-electron chi connectivity index (χ3n) is 3.11. The van der Waals surface area contributed by atoms with Crippen molar-refractivity contribution < 1.29 is 4.21 Å². The molecular weight excluding hydrogens is 264 g/mol. The van der Waals surface area contributed by atoms with Crippen molar-refractivity contribution in [2.45, 2.75) is 6.42 Å². The van der Waals surface area contributed by atoms with Gasteiger partial charge in [0.05, 0.1) is 5.69 Å². The molecule has 0 unspecified atom stereocenters. The number of nitrogens with zero attached hydrogens (tertiary/aromatic N) is 3. The number of nitrogens with one attached hydrogen (secondary N) is 1. The number of H-pyrrole nitrogens is 1. The van der Waals surface area contributed by atoms with Crippen LogP contribution in [0.4, 0.5) is 5.82 Å². The van der Waals surface area contributed by atoms with Gasteiger partial charge in [0.1, 0.15) is 0 Å². The van der Waals surface area contributed by atoms with Gasteiger partial charge >= 0.3 is 0 Å². The summed E-state index contributed by atoms with van der Waals surface area (Å²) < 4.78 is 11.3. The number of likely N-dealkylation sites (N-methyl/N-ethyl adjacent to an activating group) is 1. The van der Waals surface area contributed by atoms with Crippen LogP contribution >= 0.6 is 0 Å². The summed E-state index contributed by atoms with van der Waals surface area (Å²) in [4.78, 5) is 23.1. The summed E-state index contributed by atoms with van der Waals surface area (Å²) in [5.74, 6) is 1.69. The highest BCUT2D eigenvalue weighted by Crippen LogP contribution is 2.09. The van der Waals surface area contributed by atoms with Crippen molar-refractivity contribution in [3.63, 3.8) is 0 Å². The predicted octanol–water partition coefficient (Wildman–Crippen LogP) is -0.557. The molecule has 1 N–H and O–H groups in total. The lowest BCUT2D eigenvalue weighted by Crippen LogP contribution is -2.41. The fraction of sp³-hybridized carbons (Fsp3) is 0.667. The highest BCUT2D eigenvalue weighted by Gasteiger charge is 2.19. The first-order valence-electron chi connectivity index (χ1n) is 6.39. The van der Waals surface area contributed by atoms with E-state index >= 15 is 0 Å². The van der Waals surface area contributed by atoms with Gasteiger partial charge in [-0.25, -0.2) is 4.98 Å². The van der Waals surface area contributed by atoms with Crippen LogP contribution in [0.1, 0.15) is 5.69 Å². The summed E-state index contributed by atoms with van der Waals surface area (Å²) in [6.07, 6.45) is 2.48. The highest BCUT2D eigenvalue weighted by atomic mass is 32.2. The molecule has 7 heteroatoms. The van der Waals surface area contributed by atoms with Crippen LogP contribution in [0, 0.1) is 0 Å². The third-order valence-corrected chi connectivity index (χ3v) is 4.39. The van der Waals surface area contributed by atoms with E-state index in [1.807, 2.05) is 19.0 Å². The van der Waals surface area contributed by atoms with Gasteiger partial charge in [-0.3, -0.25) is 9.00 Å². The molecule has 19 heavy (non-hydrogen) atoms. The Balaban J connectivity index is 2.13. The minimum atomic E-state index is -0.745. The Bertz CT molecular complexity index is 505. The van der Waals surface area contributed by atoms with E-state index in [9.17, 15) is 9.00 Å². The molecule has 6 nitrogen and oxygen atoms in total. The van der Waals surface area contributed by atoms with Crippen molar-refractivity contribution in [1.82, 2.24) is 14.9 Å². The molecule has 0 saturated carbocycles. The molecule has 1 aliphatic rings. The lowest BCUT2D eigenvalue weighted by Gasteiger charge is -2.26. The van der Waals surface area contributed by atoms with Crippen LogP contribution in [0.3, 0.4) is 0 Å². The average Bonchev–Trinajstić information content (AvgIpc) is 2.39. The number of rotatable bonds is 4. The Labute approximate surface area is 115 Å². The Morgan fingerprint density at radius 1 is 1.42 bits per heavy atom. The largest absolute Gasteiger partial charge is 0.350 e. The van der Waals surface area contributed by atoms with Crippen LogP contribution in [-0.4, -0.2) is 64.3 Å². The summed E-state index contributed by atoms with van der Waals surface area (Å²) >= 11 is 0. The quantitative estimate of drug-likeness (QED) is 0.803. The van der Waals surface area contributed by atoms with E-state index in [-0.39, 0.29) is 5.56 Å². The Hall–Kier alpha value is -1.21. The minimum Gasteiger partial charge on any atom is -0.350 e. The van der Waals surface area contributed by atoms with Gasteiger partial charge < -0.3 is 14.8 Å². The summed E-state index contributed by atoms with van der Waals surface area (Å²) in [6, 6.07) is 0. The SMILES string of the molecule is CN(C)CCc1c[nH]c(=O)c(N2CCS(=O)CC2)n1. The van der Waals surface area contributed by atoms with Crippen LogP contribution < -0.4 is 10.5 Å². The van der Waals surface area contributed by atoms with E-state index < -0.39 is 10.8 Å². The Morgan fingerprint density at radius 3 is 2.74 bits per heavy atom. The molecule has 1 aromatic rings. The number of aromatic nitrogens is 2. The molecule has 1 aliphatic heterocycles. The maximum atomic E-state index is 11.8. The fourth-order valence-electron chi connectivity index (χ4n) is 1.96. The molecule has 0 spiro atoms. The van der Waals surface area contributed by atoms with Gasteiger partial charge in [0, 0.05) is 54.6 Å². The van der Waals surface area contributed by atoms with Crippen molar-refractivity contribution in [1.29, 1.82) is 0 Å². The molecule has 106 valence electrons. The van der Waals surface area contributed by atoms with Crippen LogP contribution in [-0.2, 0) is 17.2 Å². The molecule has 1 saturated heterocycles. The summed E-state index contributed by atoms with van der Waals surface area (Å²) in [5, 5.41) is 0. The molecular formula is C12H20N4O2S. The number of hydrogen-bond acceptors (Lipinski definition) is 5. The zero-order chi connectivity index (χ0) is 13.8. The van der Waals surface area contributed by atoms with Gasteiger partial charge in [-0.1, -0.05) is 0 Å². The van der Waals surface area contributed by atoms with E-state index in [0.29, 0.717) is 30.4 Å². The lowest BCUT2D eigenvalue weighted by atomic mass is 10.3. The first kappa shape index (κ1) is 14.2. The van der Waals surface area contributed by atoms with E-state index in [2.05, 4.69) is 14.9 Å². The molecule has 2 heterocycles. The van der Waals surface area contributed by atoms with Gasteiger partial charge in [-0.2, -0.15) is 0 Å². The van der Waals surface area contributed by atoms with Crippen LogP contribution in [0.15, 0.2) is 11.0 Å². The molecule has 0 atom stereocenters. The second-order valence-electron chi connectivity index (χ2n) is 4.93. The number of hydrogen-bond donors (Lipinski definition) is 1. The van der Waals surface area contributed by atoms with Crippen molar-refractivity contribution in [2.75, 3.05) is 50.1 Å². The maximum Gasteiger partial charge on any atom is 0.290 e. The Kier molecular flexibility index (Phi) is 4.71. The predicted molar refractivity (Wildman–Crippen MR) is 77.2 cm³/mol. The van der Waals surface area contributed by atoms with Crippen molar-refractivity contribution >= 4 is 16.6 Å². The monoisotopic (exact) mass is 284 g/mol. The number of aromatic amines is 1. The molecule has 0 radical (unpaired) electrons. The Morgan fingerprint density at radius 2 is 2.11 bits per heavy atom. The van der Waals surface area contributed by atoms with E-state index in [4.69, 9.17) is 0 Å². The van der Waals surface area contributed by atoms with Gasteiger partial charge in [0.15, 0.2) is 5.82 Å². The summed E-state index contributed by atoms with van der Waals surface area (Å²) in [6.45, 7) is 2.17. The smallest absolute Gasteiger partial charge is 0.290 e. The van der Waals surface area contributed by atoms with Crippen LogP contribution in [0.25, 0.3) is 0 Å². The van der Waals surface area contributed by atoms with Gasteiger partial charge in [0.2, 0.25) is 0 Å². The molecule has 0 bridgehead atoms. The van der Waals surface area contributed by atoms with Crippen molar-refractivity contribution in [3.05, 3.63) is 22.2 Å². The summed E-state index contributed by atoms with van der Waals surface area (Å²) in [5.41, 5.74) is 0.719. The lowest BCUT2D eigenvalue weighted by molar-refractivity contribution is 0.411. The van der Waals surface area contributed by atoms with E-state index in [1.54, 1.807) is 6.20 Å². The van der Waals surface area contributed by atoms with E-state index in [0.717, 1.165) is 18.7 Å². The minimum absolute atomic E-state index is 0.165. The maximum absolute atomic E-state index is 11.8. The topological polar surface area (TPSA) is 69.3 Å². The fourth-order valence-corrected chi connectivity index (χ4v) is 3.01. The first-order valence-corrected chi connectivity index (χ1v) is 7.88. The second-order valence-corrected chi connectivity index (χ2v) is 6.63. The summed E-state index contributed by atoms with van der Waals surface area (Å²) in [7, 11) is 3.27. The standard InChI is InChI=1S/C12H20N4O2S/c1-15(2)4-3-10-9-13-12(17)11(14-10)16-5-7-19(18)8-6-16/h9H,3-8H2,1-2H3,(H,13,17). The highest BCUT2D eigenvalue weighted by molar-refractivity contribution is 7.85. The molecule has 0 aromatic carbocycles. The molecule has 1 aromatic heterocycles. The normalized spacial score (nSPS) is 17.1. The average molecular weight is 284 g/mol. The number of anilines is 1. The van der Waals surface area contributed by atoms with Crippen LogP contribution in [0.5, 0.6) is 0 Å². The molecule has 0 amide bonds. The second kappa shape index (κ2) is 6.29. The zero-order valence-corrected chi connectivity index (χ0v) is 12.2. The van der Waals surface area contributed by atoms with Gasteiger partial charge in [-0.05, 0) is 14.1 Å². The third kappa shape index (κ3) is 3.87. The van der Waals surface area contributed by atoms with E-state index in [1.165, 1.54) is 0 Å². The van der Waals surface area contributed by atoms with Gasteiger partial charge in [-0.15, -0.1) is 0 Å². The molecule has 2 rings (SSSR count).